The van der Waals surface area contributed by atoms with Crippen molar-refractivity contribution < 1.29 is 19.1 Å². The Kier molecular flexibility index (Phi) is 6.17. The Bertz CT molecular complexity index is 743. The van der Waals surface area contributed by atoms with E-state index in [2.05, 4.69) is 0 Å². The third kappa shape index (κ3) is 4.59. The molecule has 132 valence electrons. The number of ether oxygens (including phenoxy) is 2. The Hall–Kier alpha value is -2.82. The van der Waals surface area contributed by atoms with E-state index < -0.39 is 5.97 Å². The summed E-state index contributed by atoms with van der Waals surface area (Å²) in [7, 11) is 3.18. The van der Waals surface area contributed by atoms with Gasteiger partial charge in [0.15, 0.2) is 6.61 Å². The molecule has 0 bridgehead atoms. The standard InChI is InChI=1S/C20H23NO4/c1-14-10-11-18(24-4)17(12-14)20(23)25-13-19(22)21(3)15(2)16-8-6-5-7-9-16/h5-12,15H,13H2,1-4H3/t15-/m1/s1. The van der Waals surface area contributed by atoms with Gasteiger partial charge in [0.05, 0.1) is 13.2 Å². The molecule has 2 aromatic carbocycles. The average Bonchev–Trinajstić information content (AvgIpc) is 2.65. The molecule has 0 unspecified atom stereocenters. The number of nitrogens with zero attached hydrogens (tertiary/aromatic N) is 1. The van der Waals surface area contributed by atoms with Gasteiger partial charge < -0.3 is 14.4 Å². The molecular formula is C20H23NO4. The van der Waals surface area contributed by atoms with E-state index in [1.807, 2.05) is 50.2 Å². The third-order valence-electron chi connectivity index (χ3n) is 4.16. The molecule has 1 amide bonds. The Morgan fingerprint density at radius 2 is 1.80 bits per heavy atom. The second-order valence-corrected chi connectivity index (χ2v) is 5.87. The van der Waals surface area contributed by atoms with E-state index in [1.54, 1.807) is 24.1 Å². The molecule has 5 heteroatoms. The van der Waals surface area contributed by atoms with Gasteiger partial charge in [-0.1, -0.05) is 42.0 Å². The summed E-state index contributed by atoms with van der Waals surface area (Å²) in [4.78, 5) is 26.2. The van der Waals surface area contributed by atoms with Crippen LogP contribution in [0.1, 0.15) is 34.5 Å². The van der Waals surface area contributed by atoms with Gasteiger partial charge in [-0.25, -0.2) is 4.79 Å². The maximum absolute atomic E-state index is 12.3. The molecule has 0 N–H and O–H groups in total. The van der Waals surface area contributed by atoms with Crippen molar-refractivity contribution in [1.29, 1.82) is 0 Å². The van der Waals surface area contributed by atoms with Crippen LogP contribution in [0.5, 0.6) is 5.75 Å². The monoisotopic (exact) mass is 341 g/mol. The fourth-order valence-corrected chi connectivity index (χ4v) is 2.46. The van der Waals surface area contributed by atoms with Gasteiger partial charge in [-0.3, -0.25) is 4.79 Å². The molecule has 0 heterocycles. The fourth-order valence-electron chi connectivity index (χ4n) is 2.46. The van der Waals surface area contributed by atoms with E-state index in [9.17, 15) is 9.59 Å². The van der Waals surface area contributed by atoms with E-state index in [0.29, 0.717) is 11.3 Å². The number of carbonyl (C=O) groups is 2. The topological polar surface area (TPSA) is 55.8 Å². The summed E-state index contributed by atoms with van der Waals surface area (Å²) < 4.78 is 10.4. The lowest BCUT2D eigenvalue weighted by Crippen LogP contribution is -2.33. The van der Waals surface area contributed by atoms with Crippen molar-refractivity contribution >= 4 is 11.9 Å². The molecule has 0 aliphatic rings. The molecular weight excluding hydrogens is 318 g/mol. The molecule has 0 saturated heterocycles. The van der Waals surface area contributed by atoms with Crippen molar-refractivity contribution in [2.75, 3.05) is 20.8 Å². The number of amides is 1. The van der Waals surface area contributed by atoms with Crippen LogP contribution in [-0.4, -0.2) is 37.5 Å². The first-order valence-electron chi connectivity index (χ1n) is 8.06. The number of hydrogen-bond acceptors (Lipinski definition) is 4. The zero-order valence-electron chi connectivity index (χ0n) is 15.0. The second-order valence-electron chi connectivity index (χ2n) is 5.87. The highest BCUT2D eigenvalue weighted by atomic mass is 16.5. The number of rotatable bonds is 6. The molecule has 25 heavy (non-hydrogen) atoms. The zero-order valence-corrected chi connectivity index (χ0v) is 15.0. The Labute approximate surface area is 148 Å². The van der Waals surface area contributed by atoms with Gasteiger partial charge in [0.1, 0.15) is 11.3 Å². The molecule has 2 rings (SSSR count). The van der Waals surface area contributed by atoms with E-state index in [0.717, 1.165) is 11.1 Å². The van der Waals surface area contributed by atoms with Crippen molar-refractivity contribution in [3.8, 4) is 5.75 Å². The minimum atomic E-state index is -0.574. The van der Waals surface area contributed by atoms with Crippen LogP contribution >= 0.6 is 0 Å². The summed E-state index contributed by atoms with van der Waals surface area (Å²) in [6, 6.07) is 14.8. The smallest absolute Gasteiger partial charge is 0.342 e. The van der Waals surface area contributed by atoms with Crippen molar-refractivity contribution in [3.63, 3.8) is 0 Å². The van der Waals surface area contributed by atoms with E-state index in [4.69, 9.17) is 9.47 Å². The number of likely N-dealkylation sites (N-methyl/N-ethyl adjacent to an activating group) is 1. The Morgan fingerprint density at radius 3 is 2.44 bits per heavy atom. The number of carbonyl (C=O) groups excluding carboxylic acids is 2. The molecule has 0 aromatic heterocycles. The summed E-state index contributed by atoms with van der Waals surface area (Å²) in [5, 5.41) is 0. The van der Waals surface area contributed by atoms with Crippen LogP contribution < -0.4 is 4.74 Å². The number of esters is 1. The Morgan fingerprint density at radius 1 is 1.12 bits per heavy atom. The highest BCUT2D eigenvalue weighted by Crippen LogP contribution is 2.21. The van der Waals surface area contributed by atoms with Crippen molar-refractivity contribution in [2.24, 2.45) is 0 Å². The Balaban J connectivity index is 1.99. The number of methoxy groups -OCH3 is 1. The van der Waals surface area contributed by atoms with Crippen LogP contribution in [0.4, 0.5) is 0 Å². The van der Waals surface area contributed by atoms with Gasteiger partial charge in [-0.2, -0.15) is 0 Å². The fraction of sp³-hybridized carbons (Fsp3) is 0.300. The summed E-state index contributed by atoms with van der Waals surface area (Å²) in [6.45, 7) is 3.49. The minimum Gasteiger partial charge on any atom is -0.496 e. The van der Waals surface area contributed by atoms with Crippen LogP contribution in [0.15, 0.2) is 48.5 Å². The summed E-state index contributed by atoms with van der Waals surface area (Å²) in [6.07, 6.45) is 0. The molecule has 0 saturated carbocycles. The van der Waals surface area contributed by atoms with Crippen LogP contribution in [0.2, 0.25) is 0 Å². The van der Waals surface area contributed by atoms with Crippen LogP contribution in [-0.2, 0) is 9.53 Å². The molecule has 0 aliphatic heterocycles. The quantitative estimate of drug-likeness (QED) is 0.756. The maximum Gasteiger partial charge on any atom is 0.342 e. The molecule has 5 nitrogen and oxygen atoms in total. The van der Waals surface area contributed by atoms with Crippen molar-refractivity contribution in [1.82, 2.24) is 4.90 Å². The van der Waals surface area contributed by atoms with Gasteiger partial charge in [0, 0.05) is 7.05 Å². The molecule has 1 atom stereocenters. The lowest BCUT2D eigenvalue weighted by atomic mass is 10.1. The molecule has 0 aliphatic carbocycles. The first-order chi connectivity index (χ1) is 11.9. The van der Waals surface area contributed by atoms with Gasteiger partial charge >= 0.3 is 5.97 Å². The van der Waals surface area contributed by atoms with Crippen molar-refractivity contribution in [3.05, 3.63) is 65.2 Å². The number of benzene rings is 2. The average molecular weight is 341 g/mol. The highest BCUT2D eigenvalue weighted by Gasteiger charge is 2.20. The lowest BCUT2D eigenvalue weighted by Gasteiger charge is -2.25. The summed E-state index contributed by atoms with van der Waals surface area (Å²) >= 11 is 0. The first-order valence-corrected chi connectivity index (χ1v) is 8.06. The van der Waals surface area contributed by atoms with Crippen LogP contribution in [0.3, 0.4) is 0 Å². The van der Waals surface area contributed by atoms with Gasteiger partial charge in [-0.05, 0) is 31.5 Å². The predicted octanol–water partition coefficient (Wildman–Crippen LogP) is 3.38. The molecule has 0 fully saturated rings. The summed E-state index contributed by atoms with van der Waals surface area (Å²) in [5.74, 6) is -0.417. The predicted molar refractivity (Wildman–Crippen MR) is 95.6 cm³/mol. The highest BCUT2D eigenvalue weighted by molar-refractivity contribution is 5.94. The first kappa shape index (κ1) is 18.5. The largest absolute Gasteiger partial charge is 0.496 e. The summed E-state index contributed by atoms with van der Waals surface area (Å²) in [5.41, 5.74) is 2.24. The SMILES string of the molecule is COc1ccc(C)cc1C(=O)OCC(=O)N(C)[C@H](C)c1ccccc1. The van der Waals surface area contributed by atoms with Gasteiger partial charge in [0.2, 0.25) is 0 Å². The van der Waals surface area contributed by atoms with Gasteiger partial charge in [0.25, 0.3) is 5.91 Å². The minimum absolute atomic E-state index is 0.110. The number of hydrogen-bond donors (Lipinski definition) is 0. The van der Waals surface area contributed by atoms with Crippen LogP contribution in [0, 0.1) is 6.92 Å². The number of aryl methyl sites for hydroxylation is 1. The van der Waals surface area contributed by atoms with E-state index in [-0.39, 0.29) is 18.6 Å². The normalized spacial score (nSPS) is 11.5. The lowest BCUT2D eigenvalue weighted by molar-refractivity contribution is -0.135. The van der Waals surface area contributed by atoms with E-state index in [1.165, 1.54) is 7.11 Å². The third-order valence-corrected chi connectivity index (χ3v) is 4.16. The van der Waals surface area contributed by atoms with Gasteiger partial charge in [-0.15, -0.1) is 0 Å². The molecule has 2 aromatic rings. The van der Waals surface area contributed by atoms with E-state index >= 15 is 0 Å². The van der Waals surface area contributed by atoms with Crippen molar-refractivity contribution in [2.45, 2.75) is 19.9 Å². The molecule has 0 spiro atoms. The maximum atomic E-state index is 12.3. The van der Waals surface area contributed by atoms with Crippen LogP contribution in [0.25, 0.3) is 0 Å². The second kappa shape index (κ2) is 8.33. The molecule has 0 radical (unpaired) electrons. The zero-order chi connectivity index (χ0) is 18.4.